The summed E-state index contributed by atoms with van der Waals surface area (Å²) in [4.78, 5) is 19.2. The molecule has 0 aliphatic rings. The quantitative estimate of drug-likeness (QED) is 0.790. The molecular formula is C15H13N3O2. The van der Waals surface area contributed by atoms with Crippen LogP contribution in [0.15, 0.2) is 42.9 Å². The van der Waals surface area contributed by atoms with Gasteiger partial charge in [0.15, 0.2) is 0 Å². The van der Waals surface area contributed by atoms with Crippen LogP contribution in [-0.2, 0) is 11.2 Å². The van der Waals surface area contributed by atoms with Crippen molar-refractivity contribution in [3.05, 3.63) is 54.1 Å². The highest BCUT2D eigenvalue weighted by molar-refractivity contribution is 5.70. The van der Waals surface area contributed by atoms with Crippen molar-refractivity contribution in [1.29, 1.82) is 0 Å². The zero-order chi connectivity index (χ0) is 14.1. The number of imidazole rings is 1. The first-order chi connectivity index (χ1) is 9.61. The molecule has 5 heteroatoms. The SMILES string of the molecule is Cc1cccc(-c2cnc3nc(CC(=O)O)cn3c2)c1. The van der Waals surface area contributed by atoms with Crippen LogP contribution in [-0.4, -0.2) is 25.4 Å². The minimum absolute atomic E-state index is 0.0941. The van der Waals surface area contributed by atoms with Crippen molar-refractivity contribution in [2.24, 2.45) is 0 Å². The molecule has 0 aliphatic heterocycles. The van der Waals surface area contributed by atoms with Gasteiger partial charge >= 0.3 is 5.97 Å². The monoisotopic (exact) mass is 267 g/mol. The average molecular weight is 267 g/mol. The van der Waals surface area contributed by atoms with Crippen LogP contribution in [0.2, 0.25) is 0 Å². The molecule has 0 radical (unpaired) electrons. The van der Waals surface area contributed by atoms with Gasteiger partial charge in [-0.3, -0.25) is 9.20 Å². The molecule has 0 bridgehead atoms. The minimum Gasteiger partial charge on any atom is -0.481 e. The van der Waals surface area contributed by atoms with E-state index in [-0.39, 0.29) is 6.42 Å². The second kappa shape index (κ2) is 4.77. The molecule has 3 rings (SSSR count). The fourth-order valence-electron chi connectivity index (χ4n) is 2.15. The number of aryl methyl sites for hydroxylation is 1. The molecular weight excluding hydrogens is 254 g/mol. The van der Waals surface area contributed by atoms with Gasteiger partial charge in [0.1, 0.15) is 0 Å². The molecule has 1 N–H and O–H groups in total. The number of hydrogen-bond donors (Lipinski definition) is 1. The number of aromatic nitrogens is 3. The van der Waals surface area contributed by atoms with Crippen molar-refractivity contribution in [3.63, 3.8) is 0 Å². The highest BCUT2D eigenvalue weighted by atomic mass is 16.4. The van der Waals surface area contributed by atoms with Crippen molar-refractivity contribution >= 4 is 11.7 Å². The Hall–Kier alpha value is -2.69. The summed E-state index contributed by atoms with van der Waals surface area (Å²) in [6.07, 6.45) is 5.27. The summed E-state index contributed by atoms with van der Waals surface area (Å²) in [6, 6.07) is 8.14. The van der Waals surface area contributed by atoms with E-state index >= 15 is 0 Å². The summed E-state index contributed by atoms with van der Waals surface area (Å²) in [5.41, 5.74) is 3.74. The van der Waals surface area contributed by atoms with E-state index in [9.17, 15) is 4.79 Å². The molecule has 5 nitrogen and oxygen atoms in total. The van der Waals surface area contributed by atoms with Crippen LogP contribution in [0.3, 0.4) is 0 Å². The molecule has 0 saturated heterocycles. The fraction of sp³-hybridized carbons (Fsp3) is 0.133. The summed E-state index contributed by atoms with van der Waals surface area (Å²) in [6.45, 7) is 2.04. The van der Waals surface area contributed by atoms with Gasteiger partial charge in [0.2, 0.25) is 5.78 Å². The Labute approximate surface area is 115 Å². The molecule has 0 atom stereocenters. The van der Waals surface area contributed by atoms with E-state index < -0.39 is 5.97 Å². The van der Waals surface area contributed by atoms with Gasteiger partial charge in [0.05, 0.1) is 12.1 Å². The van der Waals surface area contributed by atoms with E-state index in [0.717, 1.165) is 11.1 Å². The molecule has 0 amide bonds. The first kappa shape index (κ1) is 12.3. The lowest BCUT2D eigenvalue weighted by molar-refractivity contribution is -0.136. The Morgan fingerprint density at radius 1 is 1.30 bits per heavy atom. The minimum atomic E-state index is -0.896. The fourth-order valence-corrected chi connectivity index (χ4v) is 2.15. The average Bonchev–Trinajstić information content (AvgIpc) is 2.78. The summed E-state index contributed by atoms with van der Waals surface area (Å²) < 4.78 is 1.76. The van der Waals surface area contributed by atoms with Gasteiger partial charge in [0.25, 0.3) is 0 Å². The number of hydrogen-bond acceptors (Lipinski definition) is 3. The molecule has 0 saturated carbocycles. The van der Waals surface area contributed by atoms with Crippen LogP contribution in [0.5, 0.6) is 0 Å². The lowest BCUT2D eigenvalue weighted by Crippen LogP contribution is -1.99. The Balaban J connectivity index is 2.04. The second-order valence-electron chi connectivity index (χ2n) is 4.72. The van der Waals surface area contributed by atoms with Crippen LogP contribution >= 0.6 is 0 Å². The smallest absolute Gasteiger partial charge is 0.309 e. The molecule has 1 aromatic carbocycles. The van der Waals surface area contributed by atoms with Gasteiger partial charge in [0, 0.05) is 24.2 Å². The van der Waals surface area contributed by atoms with Crippen LogP contribution in [0, 0.1) is 6.92 Å². The Morgan fingerprint density at radius 2 is 2.15 bits per heavy atom. The van der Waals surface area contributed by atoms with Crippen molar-refractivity contribution in [2.75, 3.05) is 0 Å². The van der Waals surface area contributed by atoms with Crippen molar-refractivity contribution in [1.82, 2.24) is 14.4 Å². The Morgan fingerprint density at radius 3 is 2.90 bits per heavy atom. The van der Waals surface area contributed by atoms with Crippen molar-refractivity contribution < 1.29 is 9.90 Å². The Bertz CT molecular complexity index is 793. The topological polar surface area (TPSA) is 67.5 Å². The molecule has 3 aromatic rings. The van der Waals surface area contributed by atoms with E-state index in [1.54, 1.807) is 16.8 Å². The molecule has 20 heavy (non-hydrogen) atoms. The van der Waals surface area contributed by atoms with Crippen LogP contribution in [0.1, 0.15) is 11.3 Å². The maximum Gasteiger partial charge on any atom is 0.309 e. The predicted octanol–water partition coefficient (Wildman–Crippen LogP) is 2.33. The van der Waals surface area contributed by atoms with Crippen molar-refractivity contribution in [3.8, 4) is 11.1 Å². The standard InChI is InChI=1S/C15H13N3O2/c1-10-3-2-4-11(5-10)12-7-16-15-17-13(6-14(19)20)9-18(15)8-12/h2-5,7-9H,6H2,1H3,(H,19,20). The predicted molar refractivity (Wildman–Crippen MR) is 74.5 cm³/mol. The summed E-state index contributed by atoms with van der Waals surface area (Å²) in [5.74, 6) is -0.384. The summed E-state index contributed by atoms with van der Waals surface area (Å²) in [7, 11) is 0. The van der Waals surface area contributed by atoms with E-state index in [4.69, 9.17) is 5.11 Å². The van der Waals surface area contributed by atoms with Crippen LogP contribution in [0.25, 0.3) is 16.9 Å². The lowest BCUT2D eigenvalue weighted by Gasteiger charge is -2.03. The van der Waals surface area contributed by atoms with Crippen LogP contribution < -0.4 is 0 Å². The van der Waals surface area contributed by atoms with Gasteiger partial charge < -0.3 is 5.11 Å². The zero-order valence-electron chi connectivity index (χ0n) is 10.9. The van der Waals surface area contributed by atoms with E-state index in [0.29, 0.717) is 11.5 Å². The summed E-state index contributed by atoms with van der Waals surface area (Å²) in [5, 5.41) is 8.79. The normalized spacial score (nSPS) is 10.8. The molecule has 2 heterocycles. The zero-order valence-corrected chi connectivity index (χ0v) is 10.9. The number of carboxylic acid groups (broad SMARTS) is 1. The highest BCUT2D eigenvalue weighted by Gasteiger charge is 2.08. The van der Waals surface area contributed by atoms with Gasteiger partial charge in [-0.25, -0.2) is 9.97 Å². The van der Waals surface area contributed by atoms with E-state index in [2.05, 4.69) is 16.0 Å². The molecule has 0 unspecified atom stereocenters. The largest absolute Gasteiger partial charge is 0.481 e. The lowest BCUT2D eigenvalue weighted by atomic mass is 10.1. The number of fused-ring (bicyclic) bond motifs is 1. The molecule has 2 aromatic heterocycles. The van der Waals surface area contributed by atoms with E-state index in [1.165, 1.54) is 5.56 Å². The second-order valence-corrected chi connectivity index (χ2v) is 4.72. The molecule has 0 fully saturated rings. The highest BCUT2D eigenvalue weighted by Crippen LogP contribution is 2.20. The first-order valence-electron chi connectivity index (χ1n) is 6.24. The number of carboxylic acids is 1. The molecule has 0 spiro atoms. The van der Waals surface area contributed by atoms with Crippen LogP contribution in [0.4, 0.5) is 0 Å². The number of carbonyl (C=O) groups is 1. The number of nitrogens with zero attached hydrogens (tertiary/aromatic N) is 3. The molecule has 0 aliphatic carbocycles. The maximum absolute atomic E-state index is 10.7. The number of rotatable bonds is 3. The van der Waals surface area contributed by atoms with Gasteiger partial charge in [-0.1, -0.05) is 29.8 Å². The van der Waals surface area contributed by atoms with Crippen molar-refractivity contribution in [2.45, 2.75) is 13.3 Å². The maximum atomic E-state index is 10.7. The van der Waals surface area contributed by atoms with Gasteiger partial charge in [-0.2, -0.15) is 0 Å². The third-order valence-electron chi connectivity index (χ3n) is 3.04. The third kappa shape index (κ3) is 2.38. The first-order valence-corrected chi connectivity index (χ1v) is 6.24. The van der Waals surface area contributed by atoms with Gasteiger partial charge in [-0.05, 0) is 12.5 Å². The van der Waals surface area contributed by atoms with E-state index in [1.807, 2.05) is 31.3 Å². The molecule has 100 valence electrons. The third-order valence-corrected chi connectivity index (χ3v) is 3.04. The van der Waals surface area contributed by atoms with Gasteiger partial charge in [-0.15, -0.1) is 0 Å². The summed E-state index contributed by atoms with van der Waals surface area (Å²) >= 11 is 0. The Kier molecular flexibility index (Phi) is 2.95. The number of benzene rings is 1. The number of aliphatic carboxylic acids is 1.